The number of nitrogens with zero attached hydrogens (tertiary/aromatic N) is 1. The first-order chi connectivity index (χ1) is 17.2. The molecular formula is C25H22ClN3O5S2. The van der Waals surface area contributed by atoms with Crippen molar-refractivity contribution >= 4 is 44.4 Å². The smallest absolute Gasteiger partial charge is 0.276 e. The van der Waals surface area contributed by atoms with Crippen molar-refractivity contribution in [3.63, 3.8) is 0 Å². The van der Waals surface area contributed by atoms with E-state index in [-0.39, 0.29) is 16.1 Å². The number of rotatable bonds is 8. The number of thiophene rings is 1. The summed E-state index contributed by atoms with van der Waals surface area (Å²) in [6, 6.07) is 16.3. The number of carbonyl (C=O) groups excluding carboxylic acids is 1. The summed E-state index contributed by atoms with van der Waals surface area (Å²) in [6.07, 6.45) is 2.99. The number of hydroxylamine groups is 1. The van der Waals surface area contributed by atoms with E-state index in [1.54, 1.807) is 48.8 Å². The summed E-state index contributed by atoms with van der Waals surface area (Å²) in [5, 5.41) is 11.2. The number of carbonyl (C=O) groups is 1. The van der Waals surface area contributed by atoms with E-state index in [0.717, 1.165) is 4.88 Å². The molecule has 0 aliphatic carbocycles. The van der Waals surface area contributed by atoms with E-state index < -0.39 is 21.1 Å². The normalized spacial score (nSPS) is 12.1. The van der Waals surface area contributed by atoms with Gasteiger partial charge >= 0.3 is 0 Å². The Hall–Kier alpha value is -3.44. The quantitative estimate of drug-likeness (QED) is 0.199. The molecule has 3 N–H and O–H groups in total. The van der Waals surface area contributed by atoms with Gasteiger partial charge in [0.25, 0.3) is 5.91 Å². The number of pyridine rings is 1. The molecule has 0 saturated carbocycles. The number of ether oxygens (including phenoxy) is 1. The molecule has 36 heavy (non-hydrogen) atoms. The van der Waals surface area contributed by atoms with Crippen LogP contribution in [0.3, 0.4) is 0 Å². The highest BCUT2D eigenvalue weighted by atomic mass is 35.5. The SMILES string of the molecule is COc1ccc(S(=O)(=O)C(Nc2c(C)cc(-c3ccc(Cl)s3)cc2C(=O)NO)c2cccnc2)cc1. The lowest BCUT2D eigenvalue weighted by molar-refractivity contribution is 0.0707. The molecule has 0 radical (unpaired) electrons. The Morgan fingerprint density at radius 3 is 2.47 bits per heavy atom. The Kier molecular flexibility index (Phi) is 7.60. The summed E-state index contributed by atoms with van der Waals surface area (Å²) in [4.78, 5) is 17.6. The third kappa shape index (κ3) is 5.21. The topological polar surface area (TPSA) is 118 Å². The van der Waals surface area contributed by atoms with Crippen molar-refractivity contribution in [2.24, 2.45) is 0 Å². The molecule has 0 fully saturated rings. The van der Waals surface area contributed by atoms with E-state index in [2.05, 4.69) is 10.3 Å². The Balaban J connectivity index is 1.85. The van der Waals surface area contributed by atoms with Gasteiger partial charge in [0.1, 0.15) is 5.75 Å². The number of nitrogens with one attached hydrogen (secondary N) is 2. The first-order valence-electron chi connectivity index (χ1n) is 10.6. The van der Waals surface area contributed by atoms with Crippen LogP contribution >= 0.6 is 22.9 Å². The van der Waals surface area contributed by atoms with Gasteiger partial charge in [-0.25, -0.2) is 13.9 Å². The highest BCUT2D eigenvalue weighted by Crippen LogP contribution is 2.38. The first-order valence-corrected chi connectivity index (χ1v) is 13.4. The van der Waals surface area contributed by atoms with Gasteiger partial charge in [0, 0.05) is 22.8 Å². The molecule has 0 aliphatic heterocycles. The van der Waals surface area contributed by atoms with Gasteiger partial charge in [-0.3, -0.25) is 15.0 Å². The average molecular weight is 544 g/mol. The number of aryl methyl sites for hydroxylation is 1. The van der Waals surface area contributed by atoms with E-state index in [9.17, 15) is 18.4 Å². The second-order valence-corrected chi connectivity index (χ2v) is 11.5. The van der Waals surface area contributed by atoms with E-state index in [1.165, 1.54) is 43.0 Å². The third-order valence-electron chi connectivity index (χ3n) is 5.50. The fourth-order valence-electron chi connectivity index (χ4n) is 3.73. The number of benzene rings is 2. The van der Waals surface area contributed by atoms with Crippen LogP contribution in [0, 0.1) is 6.92 Å². The van der Waals surface area contributed by atoms with Crippen LogP contribution in [0.2, 0.25) is 4.34 Å². The van der Waals surface area contributed by atoms with Crippen LogP contribution < -0.4 is 15.5 Å². The largest absolute Gasteiger partial charge is 0.497 e. The van der Waals surface area contributed by atoms with Gasteiger partial charge in [-0.15, -0.1) is 11.3 Å². The predicted molar refractivity (Wildman–Crippen MR) is 140 cm³/mol. The van der Waals surface area contributed by atoms with Crippen LogP contribution in [-0.2, 0) is 9.84 Å². The maximum atomic E-state index is 13.8. The fourth-order valence-corrected chi connectivity index (χ4v) is 6.32. The number of methoxy groups -OCH3 is 1. The molecule has 0 bridgehead atoms. The molecule has 0 spiro atoms. The minimum absolute atomic E-state index is 0.0558. The molecule has 1 atom stereocenters. The minimum Gasteiger partial charge on any atom is -0.497 e. The summed E-state index contributed by atoms with van der Waals surface area (Å²) < 4.78 is 33.3. The zero-order chi connectivity index (χ0) is 25.9. The van der Waals surface area contributed by atoms with E-state index in [1.807, 2.05) is 12.1 Å². The van der Waals surface area contributed by atoms with Crippen LogP contribution in [-0.4, -0.2) is 31.6 Å². The van der Waals surface area contributed by atoms with Crippen LogP contribution in [0.5, 0.6) is 5.75 Å². The maximum Gasteiger partial charge on any atom is 0.276 e. The molecule has 2 aromatic carbocycles. The molecule has 4 aromatic rings. The molecule has 186 valence electrons. The highest BCUT2D eigenvalue weighted by molar-refractivity contribution is 7.91. The molecule has 8 nitrogen and oxygen atoms in total. The van der Waals surface area contributed by atoms with E-state index >= 15 is 0 Å². The summed E-state index contributed by atoms with van der Waals surface area (Å²) >= 11 is 7.42. The van der Waals surface area contributed by atoms with Crippen LogP contribution in [0.25, 0.3) is 10.4 Å². The number of sulfone groups is 1. The second kappa shape index (κ2) is 10.7. The number of anilines is 1. The van der Waals surface area contributed by atoms with E-state index in [4.69, 9.17) is 16.3 Å². The zero-order valence-corrected chi connectivity index (χ0v) is 21.6. The summed E-state index contributed by atoms with van der Waals surface area (Å²) in [5.74, 6) is -0.279. The Labute approximate surface area is 217 Å². The Morgan fingerprint density at radius 1 is 1.14 bits per heavy atom. The summed E-state index contributed by atoms with van der Waals surface area (Å²) in [5.41, 5.74) is 3.63. The number of hydrogen-bond donors (Lipinski definition) is 3. The van der Waals surface area contributed by atoms with Crippen LogP contribution in [0.15, 0.2) is 78.0 Å². The first kappa shape index (κ1) is 25.6. The molecule has 1 unspecified atom stereocenters. The van der Waals surface area contributed by atoms with Gasteiger partial charge in [0.2, 0.25) is 9.84 Å². The van der Waals surface area contributed by atoms with Gasteiger partial charge in [-0.2, -0.15) is 0 Å². The minimum atomic E-state index is -4.02. The highest BCUT2D eigenvalue weighted by Gasteiger charge is 2.31. The van der Waals surface area contributed by atoms with Gasteiger partial charge in [-0.1, -0.05) is 17.7 Å². The molecule has 2 aromatic heterocycles. The summed E-state index contributed by atoms with van der Waals surface area (Å²) in [6.45, 7) is 1.75. The lowest BCUT2D eigenvalue weighted by Gasteiger charge is -2.24. The molecule has 0 aliphatic rings. The predicted octanol–water partition coefficient (Wildman–Crippen LogP) is 5.48. The molecule has 4 rings (SSSR count). The molecular weight excluding hydrogens is 522 g/mol. The molecule has 0 saturated heterocycles. The molecule has 2 heterocycles. The number of halogens is 1. The maximum absolute atomic E-state index is 13.8. The van der Waals surface area contributed by atoms with Crippen molar-refractivity contribution in [3.8, 4) is 16.2 Å². The Morgan fingerprint density at radius 2 is 1.89 bits per heavy atom. The summed E-state index contributed by atoms with van der Waals surface area (Å²) in [7, 11) is -2.52. The van der Waals surface area contributed by atoms with Gasteiger partial charge < -0.3 is 10.1 Å². The van der Waals surface area contributed by atoms with E-state index in [0.29, 0.717) is 26.8 Å². The van der Waals surface area contributed by atoms with Gasteiger partial charge in [-0.05, 0) is 72.6 Å². The van der Waals surface area contributed by atoms with Crippen molar-refractivity contribution in [2.75, 3.05) is 12.4 Å². The Bertz CT molecular complexity index is 1490. The van der Waals surface area contributed by atoms with Crippen molar-refractivity contribution in [2.45, 2.75) is 17.2 Å². The zero-order valence-electron chi connectivity index (χ0n) is 19.2. The van der Waals surface area contributed by atoms with Crippen LogP contribution in [0.4, 0.5) is 5.69 Å². The fraction of sp³-hybridized carbons (Fsp3) is 0.120. The van der Waals surface area contributed by atoms with Gasteiger partial charge in [0.05, 0.1) is 27.6 Å². The number of aromatic nitrogens is 1. The lowest BCUT2D eigenvalue weighted by atomic mass is 10.0. The van der Waals surface area contributed by atoms with Crippen molar-refractivity contribution in [1.29, 1.82) is 0 Å². The monoisotopic (exact) mass is 543 g/mol. The molecule has 11 heteroatoms. The van der Waals surface area contributed by atoms with Crippen LogP contribution in [0.1, 0.15) is 26.9 Å². The lowest BCUT2D eigenvalue weighted by Crippen LogP contribution is -2.26. The average Bonchev–Trinajstić information content (AvgIpc) is 3.33. The van der Waals surface area contributed by atoms with Crippen molar-refractivity contribution in [1.82, 2.24) is 10.5 Å². The number of hydrogen-bond acceptors (Lipinski definition) is 8. The van der Waals surface area contributed by atoms with Crippen molar-refractivity contribution in [3.05, 3.63) is 94.1 Å². The standard InChI is InChI=1S/C25H22ClN3O5S2/c1-15-12-17(21-9-10-22(26)35-21)13-20(24(30)29-31)23(15)28-25(16-4-3-11-27-14-16)36(32,33)19-7-5-18(34-2)6-8-19/h3-14,25,28,31H,1-2H3,(H,29,30). The van der Waals surface area contributed by atoms with Gasteiger partial charge in [0.15, 0.2) is 5.37 Å². The van der Waals surface area contributed by atoms with Crippen molar-refractivity contribution < 1.29 is 23.2 Å². The number of amides is 1. The second-order valence-electron chi connectivity index (χ2n) is 7.79. The molecule has 1 amide bonds. The third-order valence-corrected chi connectivity index (χ3v) is 8.72.